The minimum absolute atomic E-state index is 0.200. The highest BCUT2D eigenvalue weighted by molar-refractivity contribution is 6.79. The van der Waals surface area contributed by atoms with Gasteiger partial charge in [-0.05, 0) is 27.3 Å². The van der Waals surface area contributed by atoms with E-state index in [0.717, 1.165) is 11.1 Å². The minimum Gasteiger partial charge on any atom is -0.468 e. The van der Waals surface area contributed by atoms with Crippen molar-refractivity contribution in [1.29, 1.82) is 0 Å². The van der Waals surface area contributed by atoms with Gasteiger partial charge in [-0.3, -0.25) is 4.79 Å². The maximum atomic E-state index is 13.6. The molecule has 0 radical (unpaired) electrons. The molecule has 1 saturated heterocycles. The second-order valence-electron chi connectivity index (χ2n) is 13.3. The lowest BCUT2D eigenvalue weighted by molar-refractivity contribution is -0.179. The van der Waals surface area contributed by atoms with E-state index in [-0.39, 0.29) is 27.1 Å². The maximum Gasteiger partial charge on any atom is 0.340 e. The lowest BCUT2D eigenvalue weighted by Gasteiger charge is -2.52. The van der Waals surface area contributed by atoms with Gasteiger partial charge in [-0.25, -0.2) is 9.59 Å². The molecule has 3 aliphatic rings. The first-order chi connectivity index (χ1) is 19.6. The Kier molecular flexibility index (Phi) is 8.45. The topological polar surface area (TPSA) is 107 Å². The third kappa shape index (κ3) is 4.58. The Bertz CT molecular complexity index is 1300. The Labute approximate surface area is 249 Å². The van der Waals surface area contributed by atoms with Crippen LogP contribution in [0.25, 0.3) is 0 Å². The second kappa shape index (κ2) is 11.0. The van der Waals surface area contributed by atoms with Crippen LogP contribution in [0.1, 0.15) is 60.1 Å². The molecular formula is C32H44O9Si. The molecule has 0 aromatic heterocycles. The Morgan fingerprint density at radius 3 is 1.93 bits per heavy atom. The summed E-state index contributed by atoms with van der Waals surface area (Å²) < 4.78 is 35.9. The summed E-state index contributed by atoms with van der Waals surface area (Å²) in [5, 5.41) is -0.473. The lowest BCUT2D eigenvalue weighted by atomic mass is 9.81. The number of benzene rings is 1. The molecule has 2 unspecified atom stereocenters. The van der Waals surface area contributed by atoms with Crippen LogP contribution in [0.15, 0.2) is 52.6 Å². The van der Waals surface area contributed by atoms with Crippen LogP contribution >= 0.6 is 0 Å². The van der Waals surface area contributed by atoms with E-state index in [4.69, 9.17) is 28.1 Å². The van der Waals surface area contributed by atoms with Gasteiger partial charge in [-0.1, -0.05) is 78.8 Å². The number of fused-ring (bicyclic) bond motifs is 2. The average molecular weight is 601 g/mol. The fourth-order valence-electron chi connectivity index (χ4n) is 7.57. The third-order valence-electron chi connectivity index (χ3n) is 9.31. The molecule has 1 aromatic rings. The first kappa shape index (κ1) is 32.1. The fourth-order valence-corrected chi connectivity index (χ4v) is 13.4. The minimum atomic E-state index is -2.82. The van der Waals surface area contributed by atoms with Crippen LogP contribution in [0.5, 0.6) is 0 Å². The van der Waals surface area contributed by atoms with Crippen molar-refractivity contribution in [2.45, 2.75) is 82.6 Å². The smallest absolute Gasteiger partial charge is 0.340 e. The van der Waals surface area contributed by atoms with Crippen LogP contribution < -0.4 is 0 Å². The van der Waals surface area contributed by atoms with Crippen molar-refractivity contribution in [3.8, 4) is 0 Å². The van der Waals surface area contributed by atoms with Crippen molar-refractivity contribution in [3.63, 3.8) is 0 Å². The first-order valence-electron chi connectivity index (χ1n) is 14.3. The number of hydrogen-bond donors (Lipinski definition) is 0. The number of esters is 3. The molecule has 0 N–H and O–H groups in total. The first-order valence-corrected chi connectivity index (χ1v) is 16.4. The van der Waals surface area contributed by atoms with E-state index in [2.05, 4.69) is 41.5 Å². The molecule has 4 rings (SSSR count). The number of methoxy groups -OCH3 is 4. The molecule has 10 heteroatoms. The van der Waals surface area contributed by atoms with Crippen LogP contribution in [0.4, 0.5) is 0 Å². The van der Waals surface area contributed by atoms with Gasteiger partial charge in [0, 0.05) is 18.6 Å². The highest BCUT2D eigenvalue weighted by atomic mass is 28.4. The van der Waals surface area contributed by atoms with Gasteiger partial charge in [0.15, 0.2) is 0 Å². The zero-order valence-electron chi connectivity index (χ0n) is 26.6. The van der Waals surface area contributed by atoms with E-state index in [9.17, 15) is 14.4 Å². The monoisotopic (exact) mass is 600 g/mol. The zero-order chi connectivity index (χ0) is 31.4. The second-order valence-corrected chi connectivity index (χ2v) is 18.6. The zero-order valence-corrected chi connectivity index (χ0v) is 27.6. The quantitative estimate of drug-likeness (QED) is 0.189. The molecule has 1 aromatic carbocycles. The molecule has 1 fully saturated rings. The van der Waals surface area contributed by atoms with Crippen LogP contribution in [-0.2, 0) is 42.5 Å². The van der Waals surface area contributed by atoms with E-state index < -0.39 is 50.1 Å². The average Bonchev–Trinajstić information content (AvgIpc) is 3.36. The molecule has 0 spiro atoms. The molecule has 2 heterocycles. The maximum absolute atomic E-state index is 13.6. The van der Waals surface area contributed by atoms with Crippen LogP contribution in [0, 0.1) is 11.8 Å². The Hall–Kier alpha value is -2.79. The van der Waals surface area contributed by atoms with E-state index in [1.807, 2.05) is 37.3 Å². The van der Waals surface area contributed by atoms with E-state index in [1.54, 1.807) is 0 Å². The van der Waals surface area contributed by atoms with Gasteiger partial charge < -0.3 is 28.1 Å². The van der Waals surface area contributed by atoms with Gasteiger partial charge in [0.25, 0.3) is 0 Å². The summed E-state index contributed by atoms with van der Waals surface area (Å²) >= 11 is 0. The largest absolute Gasteiger partial charge is 0.468 e. The SMILES string of the molecule is COC(=O)C1=C(C(=O)OC)C2(OC)O[C@H]3C[Si](C(C)(C)C)(C(C)(C)C)O[C@H](c4ccccc4)[C@@H](C)C3=C2C1C(=O)OC. The molecule has 9 nitrogen and oxygen atoms in total. The summed E-state index contributed by atoms with van der Waals surface area (Å²) in [4.78, 5) is 40.3. The van der Waals surface area contributed by atoms with Gasteiger partial charge >= 0.3 is 17.9 Å². The molecule has 0 bridgehead atoms. The third-order valence-corrected chi connectivity index (χ3v) is 15.8. The Balaban J connectivity index is 2.13. The van der Waals surface area contributed by atoms with E-state index in [1.165, 1.54) is 28.4 Å². The highest BCUT2D eigenvalue weighted by Gasteiger charge is 2.69. The summed E-state index contributed by atoms with van der Waals surface area (Å²) in [6.45, 7) is 15.3. The van der Waals surface area contributed by atoms with Gasteiger partial charge in [0.05, 0.1) is 39.1 Å². The van der Waals surface area contributed by atoms with Crippen molar-refractivity contribution in [3.05, 3.63) is 58.2 Å². The Morgan fingerprint density at radius 2 is 1.45 bits per heavy atom. The molecular weight excluding hydrogens is 556 g/mol. The summed E-state index contributed by atoms with van der Waals surface area (Å²) in [6.07, 6.45) is -0.970. The normalized spacial score (nSPS) is 29.0. The summed E-state index contributed by atoms with van der Waals surface area (Å²) in [6, 6.07) is 10.5. The molecule has 230 valence electrons. The number of carbonyl (C=O) groups excluding carboxylic acids is 3. The number of hydrogen-bond acceptors (Lipinski definition) is 9. The van der Waals surface area contributed by atoms with Gasteiger partial charge in [-0.15, -0.1) is 0 Å². The van der Waals surface area contributed by atoms with Crippen molar-refractivity contribution >= 4 is 26.2 Å². The molecule has 0 saturated carbocycles. The summed E-state index contributed by atoms with van der Waals surface area (Å²) in [7, 11) is 2.22. The lowest BCUT2D eigenvalue weighted by Crippen LogP contribution is -2.56. The molecule has 5 atom stereocenters. The predicted octanol–water partition coefficient (Wildman–Crippen LogP) is 5.42. The van der Waals surface area contributed by atoms with Crippen LogP contribution in [0.2, 0.25) is 16.1 Å². The standard InChI is InChI=1S/C32H44O9Si/c1-18-21-20(17-42(30(2,3)4,31(5,6)7)41-26(18)19-15-13-12-14-16-19)40-32(39-11)24(21)22(27(33)36-8)23(28(34)37-9)25(32)29(35)38-10/h12-16,18,20,22,26H,17H2,1-11H3/t18-,20-,22?,26-,32?/m0/s1. The molecule has 2 aliphatic heterocycles. The molecule has 42 heavy (non-hydrogen) atoms. The van der Waals surface area contributed by atoms with E-state index >= 15 is 0 Å². The Morgan fingerprint density at radius 1 is 0.881 bits per heavy atom. The van der Waals surface area contributed by atoms with Gasteiger partial charge in [-0.2, -0.15) is 0 Å². The van der Waals surface area contributed by atoms with E-state index in [0.29, 0.717) is 11.6 Å². The molecule has 1 aliphatic carbocycles. The number of rotatable bonds is 5. The van der Waals surface area contributed by atoms with Gasteiger partial charge in [0.2, 0.25) is 14.1 Å². The highest BCUT2D eigenvalue weighted by Crippen LogP contribution is 2.64. The van der Waals surface area contributed by atoms with Crippen LogP contribution in [0.3, 0.4) is 0 Å². The van der Waals surface area contributed by atoms with Gasteiger partial charge in [0.1, 0.15) is 11.5 Å². The number of carbonyl (C=O) groups is 3. The van der Waals surface area contributed by atoms with Crippen molar-refractivity contribution in [2.75, 3.05) is 28.4 Å². The van der Waals surface area contributed by atoms with Crippen molar-refractivity contribution < 1.29 is 42.5 Å². The van der Waals surface area contributed by atoms with Crippen molar-refractivity contribution in [1.82, 2.24) is 0 Å². The fraction of sp³-hybridized carbons (Fsp3) is 0.594. The van der Waals surface area contributed by atoms with Crippen molar-refractivity contribution in [2.24, 2.45) is 11.8 Å². The summed E-state index contributed by atoms with van der Waals surface area (Å²) in [5.41, 5.74) is 1.72. The summed E-state index contributed by atoms with van der Waals surface area (Å²) in [5.74, 6) is -5.92. The number of ether oxygens (including phenoxy) is 5. The van der Waals surface area contributed by atoms with Crippen LogP contribution in [-0.4, -0.2) is 66.6 Å². The molecule has 0 amide bonds. The predicted molar refractivity (Wildman–Crippen MR) is 158 cm³/mol.